The van der Waals surface area contributed by atoms with E-state index in [0.29, 0.717) is 0 Å². The van der Waals surface area contributed by atoms with E-state index in [4.69, 9.17) is 16.3 Å². The van der Waals surface area contributed by atoms with Gasteiger partial charge in [-0.2, -0.15) is 0 Å². The molecule has 3 rings (SSSR count). The number of hydrogen-bond donors (Lipinski definition) is 0. The quantitative estimate of drug-likeness (QED) is 0.816. The number of aromatic nitrogens is 2. The average molecular weight is 252 g/mol. The van der Waals surface area contributed by atoms with Gasteiger partial charge < -0.3 is 9.14 Å². The Balaban J connectivity index is 1.80. The number of ether oxygens (including phenoxy) is 1. The van der Waals surface area contributed by atoms with Crippen molar-refractivity contribution in [2.75, 3.05) is 26.3 Å². The largest absolute Gasteiger partial charge is 0.379 e. The Morgan fingerprint density at radius 3 is 3.00 bits per heavy atom. The van der Waals surface area contributed by atoms with Crippen LogP contribution in [-0.2, 0) is 11.3 Å². The number of morpholine rings is 1. The molecule has 0 amide bonds. The molecule has 0 unspecified atom stereocenters. The highest BCUT2D eigenvalue weighted by molar-refractivity contribution is 6.30. The minimum atomic E-state index is 0.723. The maximum atomic E-state index is 5.94. The van der Waals surface area contributed by atoms with Gasteiger partial charge in [-0.3, -0.25) is 4.90 Å². The van der Waals surface area contributed by atoms with Gasteiger partial charge in [0.25, 0.3) is 0 Å². The van der Waals surface area contributed by atoms with Crippen LogP contribution in [0.2, 0.25) is 5.02 Å². The molecular weight excluding hydrogens is 238 g/mol. The van der Waals surface area contributed by atoms with E-state index in [1.54, 1.807) is 0 Å². The molecule has 90 valence electrons. The number of fused-ring (bicyclic) bond motifs is 1. The zero-order valence-electron chi connectivity index (χ0n) is 9.47. The van der Waals surface area contributed by atoms with Crippen molar-refractivity contribution in [3.8, 4) is 0 Å². The normalized spacial score (nSPS) is 17.7. The Hall–Kier alpha value is -1.10. The monoisotopic (exact) mass is 251 g/mol. The summed E-state index contributed by atoms with van der Waals surface area (Å²) in [6.45, 7) is 4.48. The van der Waals surface area contributed by atoms with Gasteiger partial charge >= 0.3 is 0 Å². The van der Waals surface area contributed by atoms with Crippen molar-refractivity contribution in [1.29, 1.82) is 0 Å². The van der Waals surface area contributed by atoms with Gasteiger partial charge in [-0.1, -0.05) is 11.6 Å². The van der Waals surface area contributed by atoms with Crippen molar-refractivity contribution < 1.29 is 4.74 Å². The SMILES string of the molecule is Clc1ccn2cc(CN3CCOCC3)nc2c1. The van der Waals surface area contributed by atoms with Crippen LogP contribution in [0.3, 0.4) is 0 Å². The molecule has 0 N–H and O–H groups in total. The van der Waals surface area contributed by atoms with Gasteiger partial charge in [0.1, 0.15) is 5.65 Å². The topological polar surface area (TPSA) is 29.8 Å². The lowest BCUT2D eigenvalue weighted by Crippen LogP contribution is -2.35. The molecule has 0 aromatic carbocycles. The van der Waals surface area contributed by atoms with Gasteiger partial charge in [0.2, 0.25) is 0 Å². The fourth-order valence-electron chi connectivity index (χ4n) is 2.07. The fraction of sp³-hybridized carbons (Fsp3) is 0.417. The molecule has 2 aromatic heterocycles. The summed E-state index contributed by atoms with van der Waals surface area (Å²) in [5.41, 5.74) is 1.98. The maximum Gasteiger partial charge on any atom is 0.138 e. The summed E-state index contributed by atoms with van der Waals surface area (Å²) in [4.78, 5) is 6.92. The van der Waals surface area contributed by atoms with Gasteiger partial charge in [0.15, 0.2) is 0 Å². The van der Waals surface area contributed by atoms with Crippen LogP contribution in [0.5, 0.6) is 0 Å². The number of nitrogens with zero attached hydrogens (tertiary/aromatic N) is 3. The van der Waals surface area contributed by atoms with Crippen LogP contribution in [0.1, 0.15) is 5.69 Å². The van der Waals surface area contributed by atoms with Crippen molar-refractivity contribution in [3.05, 3.63) is 35.2 Å². The molecule has 1 saturated heterocycles. The number of pyridine rings is 1. The third kappa shape index (κ3) is 2.44. The van der Waals surface area contributed by atoms with Crippen molar-refractivity contribution in [1.82, 2.24) is 14.3 Å². The van der Waals surface area contributed by atoms with E-state index >= 15 is 0 Å². The first-order chi connectivity index (χ1) is 8.31. The summed E-state index contributed by atoms with van der Waals surface area (Å²) < 4.78 is 7.33. The Labute approximate surface area is 105 Å². The average Bonchev–Trinajstić information content (AvgIpc) is 2.71. The van der Waals surface area contributed by atoms with Gasteiger partial charge in [-0.25, -0.2) is 4.98 Å². The highest BCUT2D eigenvalue weighted by Gasteiger charge is 2.12. The first-order valence-corrected chi connectivity index (χ1v) is 6.12. The van der Waals surface area contributed by atoms with E-state index in [1.165, 1.54) is 0 Å². The summed E-state index contributed by atoms with van der Waals surface area (Å²) in [6.07, 6.45) is 3.99. The van der Waals surface area contributed by atoms with E-state index in [1.807, 2.05) is 22.7 Å². The van der Waals surface area contributed by atoms with E-state index in [9.17, 15) is 0 Å². The lowest BCUT2D eigenvalue weighted by molar-refractivity contribution is 0.0337. The van der Waals surface area contributed by atoms with Gasteiger partial charge in [0, 0.05) is 37.1 Å². The highest BCUT2D eigenvalue weighted by Crippen LogP contribution is 2.13. The Kier molecular flexibility index (Phi) is 3.01. The maximum absolute atomic E-state index is 5.94. The lowest BCUT2D eigenvalue weighted by Gasteiger charge is -2.25. The van der Waals surface area contributed by atoms with Crippen molar-refractivity contribution in [3.63, 3.8) is 0 Å². The van der Waals surface area contributed by atoms with E-state index in [0.717, 1.165) is 49.2 Å². The molecule has 4 nitrogen and oxygen atoms in total. The molecule has 0 bridgehead atoms. The molecule has 0 radical (unpaired) electrons. The van der Waals surface area contributed by atoms with Gasteiger partial charge in [-0.05, 0) is 12.1 Å². The molecule has 0 saturated carbocycles. The first-order valence-electron chi connectivity index (χ1n) is 5.74. The van der Waals surface area contributed by atoms with Gasteiger partial charge in [-0.15, -0.1) is 0 Å². The predicted molar refractivity (Wildman–Crippen MR) is 66.3 cm³/mol. The van der Waals surface area contributed by atoms with Crippen LogP contribution >= 0.6 is 11.6 Å². The first kappa shape index (κ1) is 11.0. The molecule has 17 heavy (non-hydrogen) atoms. The molecule has 0 atom stereocenters. The zero-order valence-corrected chi connectivity index (χ0v) is 10.2. The molecule has 5 heteroatoms. The van der Waals surface area contributed by atoms with Crippen molar-refractivity contribution in [2.45, 2.75) is 6.54 Å². The smallest absolute Gasteiger partial charge is 0.138 e. The minimum absolute atomic E-state index is 0.723. The van der Waals surface area contributed by atoms with Crippen LogP contribution in [0.25, 0.3) is 5.65 Å². The molecule has 3 heterocycles. The van der Waals surface area contributed by atoms with Gasteiger partial charge in [0.05, 0.1) is 18.9 Å². The predicted octanol–water partition coefficient (Wildman–Crippen LogP) is 1.82. The Bertz CT molecular complexity index is 519. The molecule has 1 aliphatic rings. The minimum Gasteiger partial charge on any atom is -0.379 e. The van der Waals surface area contributed by atoms with E-state index in [2.05, 4.69) is 16.1 Å². The number of rotatable bonds is 2. The Morgan fingerprint density at radius 2 is 2.18 bits per heavy atom. The third-order valence-corrected chi connectivity index (χ3v) is 3.20. The van der Waals surface area contributed by atoms with Crippen LogP contribution in [-0.4, -0.2) is 40.6 Å². The van der Waals surface area contributed by atoms with Crippen LogP contribution in [0.15, 0.2) is 24.5 Å². The summed E-state index contributed by atoms with van der Waals surface area (Å²) in [5, 5.41) is 0.723. The standard InChI is InChI=1S/C12H14ClN3O/c13-10-1-2-16-9-11(14-12(16)7-10)8-15-3-5-17-6-4-15/h1-2,7,9H,3-6,8H2. The molecule has 0 spiro atoms. The van der Waals surface area contributed by atoms with Crippen LogP contribution in [0, 0.1) is 0 Å². The summed E-state index contributed by atoms with van der Waals surface area (Å²) >= 11 is 5.94. The van der Waals surface area contributed by atoms with Crippen molar-refractivity contribution >= 4 is 17.2 Å². The molecule has 1 aliphatic heterocycles. The molecule has 0 aliphatic carbocycles. The number of halogens is 1. The summed E-state index contributed by atoms with van der Waals surface area (Å²) in [7, 11) is 0. The second-order valence-electron chi connectivity index (χ2n) is 4.23. The van der Waals surface area contributed by atoms with E-state index < -0.39 is 0 Å². The second kappa shape index (κ2) is 4.64. The number of imidazole rings is 1. The zero-order chi connectivity index (χ0) is 11.7. The van der Waals surface area contributed by atoms with E-state index in [-0.39, 0.29) is 0 Å². The highest BCUT2D eigenvalue weighted by atomic mass is 35.5. The van der Waals surface area contributed by atoms with Crippen molar-refractivity contribution in [2.24, 2.45) is 0 Å². The van der Waals surface area contributed by atoms with Crippen LogP contribution in [0.4, 0.5) is 0 Å². The molecular formula is C12H14ClN3O. The second-order valence-corrected chi connectivity index (χ2v) is 4.67. The summed E-state index contributed by atoms with van der Waals surface area (Å²) in [5.74, 6) is 0. The summed E-state index contributed by atoms with van der Waals surface area (Å²) in [6, 6.07) is 3.75. The molecule has 2 aromatic rings. The Morgan fingerprint density at radius 1 is 1.35 bits per heavy atom. The third-order valence-electron chi connectivity index (χ3n) is 2.96. The molecule has 1 fully saturated rings. The number of hydrogen-bond acceptors (Lipinski definition) is 3. The lowest BCUT2D eigenvalue weighted by atomic mass is 10.3. The fourth-order valence-corrected chi connectivity index (χ4v) is 2.23. The van der Waals surface area contributed by atoms with Crippen LogP contribution < -0.4 is 0 Å².